The number of ether oxygens (including phenoxy) is 2. The smallest absolute Gasteiger partial charge is 0.179 e. The predicted octanol–water partition coefficient (Wildman–Crippen LogP) is 3.59. The van der Waals surface area contributed by atoms with Crippen LogP contribution in [0.1, 0.15) is 25.8 Å². The van der Waals surface area contributed by atoms with E-state index in [0.717, 1.165) is 37.2 Å². The van der Waals surface area contributed by atoms with Crippen molar-refractivity contribution in [1.29, 1.82) is 0 Å². The van der Waals surface area contributed by atoms with Crippen LogP contribution in [-0.2, 0) is 6.54 Å². The maximum Gasteiger partial charge on any atom is 0.179 e. The average Bonchev–Trinajstić information content (AvgIpc) is 2.37. The zero-order valence-corrected chi connectivity index (χ0v) is 12.9. The van der Waals surface area contributed by atoms with Crippen molar-refractivity contribution in [2.75, 3.05) is 26.3 Å². The van der Waals surface area contributed by atoms with Crippen LogP contribution < -0.4 is 9.47 Å². The minimum atomic E-state index is 0.577. The van der Waals surface area contributed by atoms with Crippen LogP contribution in [0.5, 0.6) is 11.5 Å². The Hall–Kier alpha value is -0.930. The molecule has 0 saturated carbocycles. The highest BCUT2D eigenvalue weighted by Gasteiger charge is 2.23. The highest BCUT2D eigenvalue weighted by atomic mass is 35.5. The molecule has 0 radical (unpaired) electrons. The van der Waals surface area contributed by atoms with Crippen molar-refractivity contribution in [2.24, 2.45) is 11.8 Å². The molecule has 110 valence electrons. The van der Waals surface area contributed by atoms with E-state index in [2.05, 4.69) is 24.8 Å². The van der Waals surface area contributed by atoms with E-state index in [1.165, 1.54) is 12.0 Å². The molecule has 2 aliphatic heterocycles. The third-order valence-electron chi connectivity index (χ3n) is 4.01. The number of nitrogens with zero attached hydrogens (tertiary/aromatic N) is 1. The lowest BCUT2D eigenvalue weighted by atomic mass is 9.91. The molecule has 0 spiro atoms. The topological polar surface area (TPSA) is 21.7 Å². The SMILES string of the molecule is CC1CC(C)CN(Cc2cc(Cl)c3c(c2)OCCO3)C1. The second-order valence-corrected chi connectivity index (χ2v) is 6.65. The Bertz CT molecular complexity index is 482. The Morgan fingerprint density at radius 2 is 1.85 bits per heavy atom. The molecule has 4 heteroatoms. The molecule has 20 heavy (non-hydrogen) atoms. The molecule has 2 unspecified atom stereocenters. The summed E-state index contributed by atoms with van der Waals surface area (Å²) in [5, 5.41) is 0.662. The van der Waals surface area contributed by atoms with Gasteiger partial charge in [-0.15, -0.1) is 0 Å². The van der Waals surface area contributed by atoms with Crippen molar-refractivity contribution in [2.45, 2.75) is 26.8 Å². The van der Waals surface area contributed by atoms with Crippen molar-refractivity contribution in [3.8, 4) is 11.5 Å². The maximum atomic E-state index is 6.30. The number of fused-ring (bicyclic) bond motifs is 1. The number of hydrogen-bond acceptors (Lipinski definition) is 3. The number of hydrogen-bond donors (Lipinski definition) is 0. The van der Waals surface area contributed by atoms with E-state index in [1.54, 1.807) is 0 Å². The Kier molecular flexibility index (Phi) is 4.08. The lowest BCUT2D eigenvalue weighted by Crippen LogP contribution is -2.38. The maximum absolute atomic E-state index is 6.30. The van der Waals surface area contributed by atoms with Crippen LogP contribution in [0.2, 0.25) is 5.02 Å². The Balaban J connectivity index is 1.76. The fraction of sp³-hybridized carbons (Fsp3) is 0.625. The molecule has 0 amide bonds. The van der Waals surface area contributed by atoms with Crippen LogP contribution in [0.3, 0.4) is 0 Å². The predicted molar refractivity (Wildman–Crippen MR) is 80.7 cm³/mol. The highest BCUT2D eigenvalue weighted by molar-refractivity contribution is 6.32. The van der Waals surface area contributed by atoms with Crippen LogP contribution in [0.4, 0.5) is 0 Å². The third kappa shape index (κ3) is 3.04. The molecule has 1 aromatic carbocycles. The zero-order chi connectivity index (χ0) is 14.1. The zero-order valence-electron chi connectivity index (χ0n) is 12.2. The summed E-state index contributed by atoms with van der Waals surface area (Å²) in [7, 11) is 0. The summed E-state index contributed by atoms with van der Waals surface area (Å²) in [5.74, 6) is 3.02. The molecule has 2 heterocycles. The van der Waals surface area contributed by atoms with Crippen LogP contribution in [0, 0.1) is 11.8 Å². The Morgan fingerprint density at radius 3 is 2.60 bits per heavy atom. The molecule has 2 atom stereocenters. The fourth-order valence-corrected chi connectivity index (χ4v) is 3.72. The van der Waals surface area contributed by atoms with E-state index in [0.29, 0.717) is 24.0 Å². The van der Waals surface area contributed by atoms with Gasteiger partial charge in [-0.3, -0.25) is 4.90 Å². The van der Waals surface area contributed by atoms with E-state index in [4.69, 9.17) is 21.1 Å². The number of benzene rings is 1. The first-order valence-corrected chi connectivity index (χ1v) is 7.80. The molecular weight excluding hydrogens is 274 g/mol. The van der Waals surface area contributed by atoms with E-state index in [9.17, 15) is 0 Å². The molecule has 1 fully saturated rings. The summed E-state index contributed by atoms with van der Waals surface area (Å²) in [5.41, 5.74) is 1.21. The number of likely N-dealkylation sites (tertiary alicyclic amines) is 1. The van der Waals surface area contributed by atoms with Crippen LogP contribution in [-0.4, -0.2) is 31.2 Å². The molecule has 0 N–H and O–H groups in total. The summed E-state index contributed by atoms with van der Waals surface area (Å²) in [6.07, 6.45) is 1.33. The minimum Gasteiger partial charge on any atom is -0.486 e. The first kappa shape index (κ1) is 14.0. The van der Waals surface area contributed by atoms with Gasteiger partial charge in [-0.05, 0) is 36.0 Å². The van der Waals surface area contributed by atoms with Gasteiger partial charge in [-0.1, -0.05) is 25.4 Å². The van der Waals surface area contributed by atoms with Gasteiger partial charge in [0.2, 0.25) is 0 Å². The van der Waals surface area contributed by atoms with Gasteiger partial charge >= 0.3 is 0 Å². The molecule has 0 bridgehead atoms. The quantitative estimate of drug-likeness (QED) is 0.832. The van der Waals surface area contributed by atoms with Crippen LogP contribution >= 0.6 is 11.6 Å². The summed E-state index contributed by atoms with van der Waals surface area (Å²) >= 11 is 6.30. The number of rotatable bonds is 2. The van der Waals surface area contributed by atoms with E-state index in [1.807, 2.05) is 6.07 Å². The first-order chi connectivity index (χ1) is 9.61. The van der Waals surface area contributed by atoms with Crippen molar-refractivity contribution < 1.29 is 9.47 Å². The Labute approximate surface area is 125 Å². The molecule has 1 aromatic rings. The fourth-order valence-electron chi connectivity index (χ4n) is 3.43. The monoisotopic (exact) mass is 295 g/mol. The number of halogens is 1. The van der Waals surface area contributed by atoms with Gasteiger partial charge in [0.25, 0.3) is 0 Å². The van der Waals surface area contributed by atoms with Crippen LogP contribution in [0.15, 0.2) is 12.1 Å². The van der Waals surface area contributed by atoms with E-state index in [-0.39, 0.29) is 0 Å². The van der Waals surface area contributed by atoms with Gasteiger partial charge in [0, 0.05) is 19.6 Å². The van der Waals surface area contributed by atoms with Crippen molar-refractivity contribution >= 4 is 11.6 Å². The standard InChI is InChI=1S/C16H22ClNO2/c1-11-5-12(2)9-18(8-11)10-13-6-14(17)16-15(7-13)19-3-4-20-16/h6-7,11-12H,3-5,8-10H2,1-2H3. The Morgan fingerprint density at radius 1 is 1.15 bits per heavy atom. The number of piperidine rings is 1. The van der Waals surface area contributed by atoms with E-state index < -0.39 is 0 Å². The molecule has 3 nitrogen and oxygen atoms in total. The molecule has 2 aliphatic rings. The van der Waals surface area contributed by atoms with Crippen molar-refractivity contribution in [3.05, 3.63) is 22.7 Å². The second kappa shape index (κ2) is 5.82. The highest BCUT2D eigenvalue weighted by Crippen LogP contribution is 2.38. The molecule has 0 aliphatic carbocycles. The van der Waals surface area contributed by atoms with Gasteiger partial charge in [-0.2, -0.15) is 0 Å². The summed E-state index contributed by atoms with van der Waals surface area (Å²) in [6.45, 7) is 9.11. The van der Waals surface area contributed by atoms with Gasteiger partial charge in [0.05, 0.1) is 5.02 Å². The molecular formula is C16H22ClNO2. The lowest BCUT2D eigenvalue weighted by Gasteiger charge is -2.35. The summed E-state index contributed by atoms with van der Waals surface area (Å²) < 4.78 is 11.2. The first-order valence-electron chi connectivity index (χ1n) is 7.42. The van der Waals surface area contributed by atoms with Gasteiger partial charge in [-0.25, -0.2) is 0 Å². The normalized spacial score (nSPS) is 26.6. The largest absolute Gasteiger partial charge is 0.486 e. The van der Waals surface area contributed by atoms with Gasteiger partial charge < -0.3 is 9.47 Å². The minimum absolute atomic E-state index is 0.577. The third-order valence-corrected chi connectivity index (χ3v) is 4.29. The summed E-state index contributed by atoms with van der Waals surface area (Å²) in [4.78, 5) is 2.51. The van der Waals surface area contributed by atoms with E-state index >= 15 is 0 Å². The van der Waals surface area contributed by atoms with Crippen molar-refractivity contribution in [3.63, 3.8) is 0 Å². The second-order valence-electron chi connectivity index (χ2n) is 6.24. The summed E-state index contributed by atoms with van der Waals surface area (Å²) in [6, 6.07) is 4.09. The van der Waals surface area contributed by atoms with Crippen LogP contribution in [0.25, 0.3) is 0 Å². The molecule has 1 saturated heterocycles. The molecule has 3 rings (SSSR count). The molecule has 0 aromatic heterocycles. The van der Waals surface area contributed by atoms with Crippen molar-refractivity contribution in [1.82, 2.24) is 4.90 Å². The van der Waals surface area contributed by atoms with Gasteiger partial charge in [0.1, 0.15) is 13.2 Å². The average molecular weight is 296 g/mol. The van der Waals surface area contributed by atoms with Gasteiger partial charge in [0.15, 0.2) is 11.5 Å². The lowest BCUT2D eigenvalue weighted by molar-refractivity contribution is 0.133.